The van der Waals surface area contributed by atoms with Crippen LogP contribution in [0.25, 0.3) is 0 Å². The third kappa shape index (κ3) is 2.97. The lowest BCUT2D eigenvalue weighted by atomic mass is 10.2. The third-order valence-corrected chi connectivity index (χ3v) is 3.98. The number of hydrogen-bond acceptors (Lipinski definition) is 5. The third-order valence-electron chi connectivity index (χ3n) is 3.98. The minimum Gasteiger partial charge on any atom is -0.368 e. The van der Waals surface area contributed by atoms with Crippen LogP contribution < -0.4 is 15.5 Å². The molecule has 1 aliphatic rings. The lowest BCUT2D eigenvalue weighted by Gasteiger charge is -2.37. The summed E-state index contributed by atoms with van der Waals surface area (Å²) < 4.78 is 0. The Morgan fingerprint density at radius 1 is 1.05 bits per heavy atom. The van der Waals surface area contributed by atoms with Crippen molar-refractivity contribution in [2.24, 2.45) is 5.73 Å². The largest absolute Gasteiger partial charge is 0.368 e. The average molecular weight is 283 g/mol. The first-order chi connectivity index (χ1) is 10.3. The van der Waals surface area contributed by atoms with Crippen LogP contribution >= 0.6 is 0 Å². The van der Waals surface area contributed by atoms with E-state index in [0.717, 1.165) is 37.6 Å². The van der Waals surface area contributed by atoms with Crippen molar-refractivity contribution in [2.45, 2.75) is 13.5 Å². The van der Waals surface area contributed by atoms with Gasteiger partial charge in [-0.05, 0) is 30.2 Å². The van der Waals surface area contributed by atoms with Crippen LogP contribution in [0.2, 0.25) is 0 Å². The fraction of sp³-hybridized carbons (Fsp3) is 0.375. The normalized spacial score (nSPS) is 15.3. The molecular weight excluding hydrogens is 262 g/mol. The van der Waals surface area contributed by atoms with Gasteiger partial charge in [-0.15, -0.1) is 0 Å². The lowest BCUT2D eigenvalue weighted by molar-refractivity contribution is 0.646. The molecular formula is C16H21N5. The Kier molecular flexibility index (Phi) is 4.01. The first kappa shape index (κ1) is 13.8. The lowest BCUT2D eigenvalue weighted by Crippen LogP contribution is -2.47. The molecule has 0 unspecified atom stereocenters. The molecule has 0 amide bonds. The number of nitrogens with two attached hydrogens (primary N) is 1. The summed E-state index contributed by atoms with van der Waals surface area (Å²) in [5.41, 5.74) is 9.20. The topological polar surface area (TPSA) is 58.3 Å². The van der Waals surface area contributed by atoms with Crippen LogP contribution in [0.3, 0.4) is 0 Å². The second-order valence-corrected chi connectivity index (χ2v) is 5.37. The van der Waals surface area contributed by atoms with Gasteiger partial charge in [0, 0.05) is 57.0 Å². The minimum atomic E-state index is 0.544. The van der Waals surface area contributed by atoms with Crippen LogP contribution in [0, 0.1) is 6.92 Å². The highest BCUT2D eigenvalue weighted by Gasteiger charge is 2.19. The molecule has 3 rings (SSSR count). The SMILES string of the molecule is Cc1cnccc1N1CCN(c2ccc(CN)cn2)CC1. The minimum absolute atomic E-state index is 0.544. The Balaban J connectivity index is 1.66. The number of hydrogen-bond donors (Lipinski definition) is 1. The van der Waals surface area contributed by atoms with Gasteiger partial charge in [0.2, 0.25) is 0 Å². The Hall–Kier alpha value is -2.14. The summed E-state index contributed by atoms with van der Waals surface area (Å²) in [5, 5.41) is 0. The number of piperazine rings is 1. The van der Waals surface area contributed by atoms with E-state index in [2.05, 4.69) is 44.9 Å². The van der Waals surface area contributed by atoms with E-state index < -0.39 is 0 Å². The van der Waals surface area contributed by atoms with E-state index >= 15 is 0 Å². The van der Waals surface area contributed by atoms with E-state index in [1.54, 1.807) is 0 Å². The van der Waals surface area contributed by atoms with Gasteiger partial charge in [-0.1, -0.05) is 6.07 Å². The van der Waals surface area contributed by atoms with Gasteiger partial charge in [0.05, 0.1) is 0 Å². The van der Waals surface area contributed by atoms with Gasteiger partial charge in [-0.3, -0.25) is 4.98 Å². The fourth-order valence-electron chi connectivity index (χ4n) is 2.72. The zero-order valence-electron chi connectivity index (χ0n) is 12.4. The molecule has 5 heteroatoms. The molecule has 0 aliphatic carbocycles. The Labute approximate surface area is 125 Å². The van der Waals surface area contributed by atoms with Crippen LogP contribution in [0.5, 0.6) is 0 Å². The zero-order valence-corrected chi connectivity index (χ0v) is 12.4. The molecule has 2 N–H and O–H groups in total. The smallest absolute Gasteiger partial charge is 0.128 e. The first-order valence-electron chi connectivity index (χ1n) is 7.33. The summed E-state index contributed by atoms with van der Waals surface area (Å²) in [7, 11) is 0. The van der Waals surface area contributed by atoms with Crippen LogP contribution in [0.15, 0.2) is 36.8 Å². The van der Waals surface area contributed by atoms with Crippen molar-refractivity contribution in [1.82, 2.24) is 9.97 Å². The molecule has 2 aromatic rings. The van der Waals surface area contributed by atoms with Gasteiger partial charge in [-0.25, -0.2) is 4.98 Å². The molecule has 2 aromatic heterocycles. The molecule has 21 heavy (non-hydrogen) atoms. The van der Waals surface area contributed by atoms with Crippen molar-refractivity contribution in [2.75, 3.05) is 36.0 Å². The number of pyridine rings is 2. The van der Waals surface area contributed by atoms with Crippen molar-refractivity contribution < 1.29 is 0 Å². The van der Waals surface area contributed by atoms with E-state index in [1.165, 1.54) is 11.3 Å². The molecule has 0 aromatic carbocycles. The molecule has 0 spiro atoms. The molecule has 5 nitrogen and oxygen atoms in total. The van der Waals surface area contributed by atoms with Crippen molar-refractivity contribution in [3.05, 3.63) is 47.9 Å². The quantitative estimate of drug-likeness (QED) is 0.926. The summed E-state index contributed by atoms with van der Waals surface area (Å²) >= 11 is 0. The van der Waals surface area contributed by atoms with Crippen LogP contribution in [-0.2, 0) is 6.54 Å². The molecule has 0 atom stereocenters. The van der Waals surface area contributed by atoms with E-state index in [-0.39, 0.29) is 0 Å². The first-order valence-corrected chi connectivity index (χ1v) is 7.33. The number of aromatic nitrogens is 2. The summed E-state index contributed by atoms with van der Waals surface area (Å²) in [6, 6.07) is 6.22. The number of rotatable bonds is 3. The van der Waals surface area contributed by atoms with Crippen LogP contribution in [0.4, 0.5) is 11.5 Å². The molecule has 0 radical (unpaired) electrons. The highest BCUT2D eigenvalue weighted by Crippen LogP contribution is 2.21. The number of nitrogens with zero attached hydrogens (tertiary/aromatic N) is 4. The molecule has 0 bridgehead atoms. The second kappa shape index (κ2) is 6.10. The van der Waals surface area contributed by atoms with Crippen LogP contribution in [-0.4, -0.2) is 36.1 Å². The van der Waals surface area contributed by atoms with Crippen molar-refractivity contribution in [3.8, 4) is 0 Å². The van der Waals surface area contributed by atoms with E-state index in [0.29, 0.717) is 6.54 Å². The summed E-state index contributed by atoms with van der Waals surface area (Å²) in [6.07, 6.45) is 5.66. The summed E-state index contributed by atoms with van der Waals surface area (Å²) in [5.74, 6) is 1.04. The van der Waals surface area contributed by atoms with Crippen LogP contribution in [0.1, 0.15) is 11.1 Å². The number of aryl methyl sites for hydroxylation is 1. The monoisotopic (exact) mass is 283 g/mol. The highest BCUT2D eigenvalue weighted by molar-refractivity contribution is 5.53. The molecule has 1 fully saturated rings. The number of anilines is 2. The maximum atomic E-state index is 5.61. The molecule has 3 heterocycles. The standard InChI is InChI=1S/C16H21N5/c1-13-11-18-5-4-15(13)20-6-8-21(9-7-20)16-3-2-14(10-17)12-19-16/h2-5,11-12H,6-10,17H2,1H3. The van der Waals surface area contributed by atoms with Crippen molar-refractivity contribution in [1.29, 1.82) is 0 Å². The Morgan fingerprint density at radius 3 is 2.43 bits per heavy atom. The average Bonchev–Trinajstić information content (AvgIpc) is 2.56. The molecule has 0 saturated carbocycles. The van der Waals surface area contributed by atoms with E-state index in [9.17, 15) is 0 Å². The predicted molar refractivity (Wildman–Crippen MR) is 85.5 cm³/mol. The van der Waals surface area contributed by atoms with Crippen molar-refractivity contribution >= 4 is 11.5 Å². The Morgan fingerprint density at radius 2 is 1.81 bits per heavy atom. The van der Waals surface area contributed by atoms with E-state index in [4.69, 9.17) is 5.73 Å². The van der Waals surface area contributed by atoms with Gasteiger partial charge < -0.3 is 15.5 Å². The van der Waals surface area contributed by atoms with Gasteiger partial charge in [0.15, 0.2) is 0 Å². The predicted octanol–water partition coefficient (Wildman–Crippen LogP) is 1.57. The Bertz CT molecular complexity index is 588. The molecule has 1 saturated heterocycles. The summed E-state index contributed by atoms with van der Waals surface area (Å²) in [6.45, 7) is 6.63. The second-order valence-electron chi connectivity index (χ2n) is 5.37. The van der Waals surface area contributed by atoms with E-state index in [1.807, 2.05) is 18.6 Å². The van der Waals surface area contributed by atoms with Gasteiger partial charge in [-0.2, -0.15) is 0 Å². The maximum absolute atomic E-state index is 5.61. The summed E-state index contributed by atoms with van der Waals surface area (Å²) in [4.78, 5) is 13.4. The van der Waals surface area contributed by atoms with Crippen molar-refractivity contribution in [3.63, 3.8) is 0 Å². The van der Waals surface area contributed by atoms with Gasteiger partial charge in [0.1, 0.15) is 5.82 Å². The zero-order chi connectivity index (χ0) is 14.7. The molecule has 1 aliphatic heterocycles. The van der Waals surface area contributed by atoms with Gasteiger partial charge in [0.25, 0.3) is 0 Å². The van der Waals surface area contributed by atoms with Gasteiger partial charge >= 0.3 is 0 Å². The molecule has 110 valence electrons. The maximum Gasteiger partial charge on any atom is 0.128 e. The highest BCUT2D eigenvalue weighted by atomic mass is 15.3. The fourth-order valence-corrected chi connectivity index (χ4v) is 2.72.